The fourth-order valence-corrected chi connectivity index (χ4v) is 2.88. The quantitative estimate of drug-likeness (QED) is 0.845. The van der Waals surface area contributed by atoms with E-state index in [0.29, 0.717) is 24.0 Å². The third-order valence-corrected chi connectivity index (χ3v) is 4.19. The first-order valence-electron chi connectivity index (χ1n) is 6.87. The van der Waals surface area contributed by atoms with Crippen molar-refractivity contribution in [3.8, 4) is 5.88 Å². The molecule has 1 N–H and O–H groups in total. The molecule has 0 aromatic carbocycles. The van der Waals surface area contributed by atoms with Crippen molar-refractivity contribution < 1.29 is 13.2 Å². The number of likely N-dealkylation sites (tertiary alicyclic amines) is 1. The van der Waals surface area contributed by atoms with Crippen molar-refractivity contribution in [2.75, 3.05) is 32.4 Å². The summed E-state index contributed by atoms with van der Waals surface area (Å²) in [6.07, 6.45) is 4.80. The summed E-state index contributed by atoms with van der Waals surface area (Å²) in [7, 11) is -3.12. The summed E-state index contributed by atoms with van der Waals surface area (Å²) in [4.78, 5) is 6.32. The molecule has 1 saturated heterocycles. The second kappa shape index (κ2) is 7.40. The average molecular weight is 334 g/mol. The zero-order valence-electron chi connectivity index (χ0n) is 12.0. The molecule has 1 aromatic rings. The lowest BCUT2D eigenvalue weighted by Crippen LogP contribution is -2.44. The smallest absolute Gasteiger partial charge is 0.213 e. The highest BCUT2D eigenvalue weighted by molar-refractivity contribution is 7.88. The summed E-state index contributed by atoms with van der Waals surface area (Å²) < 4.78 is 30.4. The minimum Gasteiger partial charge on any atom is -0.473 e. The third-order valence-electron chi connectivity index (χ3n) is 3.24. The molecule has 0 radical (unpaired) electrons. The number of aromatic nitrogens is 1. The van der Waals surface area contributed by atoms with Crippen molar-refractivity contribution in [3.63, 3.8) is 0 Å². The monoisotopic (exact) mass is 333 g/mol. The van der Waals surface area contributed by atoms with E-state index in [1.807, 2.05) is 0 Å². The summed E-state index contributed by atoms with van der Waals surface area (Å²) in [5.74, 6) is 0.570. The van der Waals surface area contributed by atoms with Crippen molar-refractivity contribution in [1.29, 1.82) is 0 Å². The summed E-state index contributed by atoms with van der Waals surface area (Å²) in [6, 6.07) is 3.51. The molecule has 1 fully saturated rings. The minimum absolute atomic E-state index is 0.0747. The molecule has 8 heteroatoms. The fourth-order valence-electron chi connectivity index (χ4n) is 2.30. The summed E-state index contributed by atoms with van der Waals surface area (Å²) in [5.41, 5.74) is 0. The van der Waals surface area contributed by atoms with Gasteiger partial charge in [0.25, 0.3) is 0 Å². The van der Waals surface area contributed by atoms with Gasteiger partial charge >= 0.3 is 0 Å². The molecule has 1 aliphatic rings. The van der Waals surface area contributed by atoms with E-state index in [-0.39, 0.29) is 6.10 Å². The van der Waals surface area contributed by atoms with Gasteiger partial charge in [0.15, 0.2) is 0 Å². The molecule has 2 heterocycles. The van der Waals surface area contributed by atoms with Gasteiger partial charge in [-0.15, -0.1) is 0 Å². The molecule has 118 valence electrons. The van der Waals surface area contributed by atoms with Crippen LogP contribution in [0.2, 0.25) is 5.02 Å². The maximum Gasteiger partial charge on any atom is 0.213 e. The van der Waals surface area contributed by atoms with E-state index in [1.54, 1.807) is 18.3 Å². The summed E-state index contributed by atoms with van der Waals surface area (Å²) in [5, 5.41) is 0.583. The van der Waals surface area contributed by atoms with Crippen LogP contribution in [0.4, 0.5) is 0 Å². The number of halogens is 1. The second-order valence-corrected chi connectivity index (χ2v) is 7.43. The van der Waals surface area contributed by atoms with Crippen LogP contribution in [0.25, 0.3) is 0 Å². The number of nitrogens with one attached hydrogen (secondary N) is 1. The van der Waals surface area contributed by atoms with Gasteiger partial charge in [-0.1, -0.05) is 11.6 Å². The predicted octanol–water partition coefficient (Wildman–Crippen LogP) is 1.13. The Kier molecular flexibility index (Phi) is 5.80. The van der Waals surface area contributed by atoms with Crippen LogP contribution in [-0.2, 0) is 10.0 Å². The van der Waals surface area contributed by atoms with Crippen LogP contribution >= 0.6 is 11.6 Å². The van der Waals surface area contributed by atoms with E-state index in [0.717, 1.165) is 25.9 Å². The molecule has 0 saturated carbocycles. The number of ether oxygens (including phenoxy) is 1. The van der Waals surface area contributed by atoms with Crippen LogP contribution < -0.4 is 9.46 Å². The molecule has 21 heavy (non-hydrogen) atoms. The van der Waals surface area contributed by atoms with Crippen molar-refractivity contribution in [1.82, 2.24) is 14.6 Å². The van der Waals surface area contributed by atoms with Crippen molar-refractivity contribution in [3.05, 3.63) is 23.4 Å². The number of hydrogen-bond donors (Lipinski definition) is 1. The number of piperidine rings is 1. The maximum absolute atomic E-state index is 11.0. The average Bonchev–Trinajstić information content (AvgIpc) is 2.40. The maximum atomic E-state index is 11.0. The van der Waals surface area contributed by atoms with Crippen LogP contribution in [0, 0.1) is 0 Å². The lowest BCUT2D eigenvalue weighted by Gasteiger charge is -2.32. The Labute approximate surface area is 130 Å². The van der Waals surface area contributed by atoms with E-state index < -0.39 is 10.0 Å². The van der Waals surface area contributed by atoms with Gasteiger partial charge in [0.05, 0.1) is 11.3 Å². The van der Waals surface area contributed by atoms with Gasteiger partial charge in [-0.05, 0) is 25.5 Å². The van der Waals surface area contributed by atoms with Crippen LogP contribution in [0.5, 0.6) is 5.88 Å². The first-order valence-corrected chi connectivity index (χ1v) is 9.14. The Bertz CT molecular complexity index is 550. The first-order chi connectivity index (χ1) is 9.92. The van der Waals surface area contributed by atoms with E-state index in [2.05, 4.69) is 14.6 Å². The molecule has 0 bridgehead atoms. The number of sulfonamides is 1. The van der Waals surface area contributed by atoms with Crippen LogP contribution in [-0.4, -0.2) is 56.8 Å². The van der Waals surface area contributed by atoms with Gasteiger partial charge in [0.1, 0.15) is 6.10 Å². The molecular formula is C13H20ClN3O3S. The van der Waals surface area contributed by atoms with E-state index in [1.165, 1.54) is 6.26 Å². The van der Waals surface area contributed by atoms with Crippen molar-refractivity contribution in [2.24, 2.45) is 0 Å². The molecule has 2 rings (SSSR count). The van der Waals surface area contributed by atoms with Crippen molar-refractivity contribution >= 4 is 21.6 Å². The minimum atomic E-state index is -3.12. The Hall–Kier alpha value is -0.890. The van der Waals surface area contributed by atoms with Gasteiger partial charge in [-0.25, -0.2) is 18.1 Å². The SMILES string of the molecule is CS(=O)(=O)NCCN1CCCC(Oc2ccc(Cl)cn2)C1. The highest BCUT2D eigenvalue weighted by atomic mass is 35.5. The molecular weight excluding hydrogens is 314 g/mol. The van der Waals surface area contributed by atoms with Crippen LogP contribution in [0.15, 0.2) is 18.3 Å². The molecule has 1 aliphatic heterocycles. The first kappa shape index (κ1) is 16.5. The second-order valence-electron chi connectivity index (χ2n) is 5.16. The van der Waals surface area contributed by atoms with Gasteiger partial charge in [0.2, 0.25) is 15.9 Å². The molecule has 0 amide bonds. The normalized spacial score (nSPS) is 20.4. The topological polar surface area (TPSA) is 71.5 Å². The molecule has 1 atom stereocenters. The summed E-state index contributed by atoms with van der Waals surface area (Å²) >= 11 is 5.79. The zero-order valence-corrected chi connectivity index (χ0v) is 13.5. The third kappa shape index (κ3) is 6.17. The number of rotatable bonds is 6. The Morgan fingerprint density at radius 3 is 3.00 bits per heavy atom. The molecule has 6 nitrogen and oxygen atoms in total. The van der Waals surface area contributed by atoms with Crippen molar-refractivity contribution in [2.45, 2.75) is 18.9 Å². The number of pyridine rings is 1. The van der Waals surface area contributed by atoms with Gasteiger partial charge in [0, 0.05) is 31.9 Å². The Balaban J connectivity index is 1.79. The Morgan fingerprint density at radius 1 is 1.52 bits per heavy atom. The van der Waals surface area contributed by atoms with Crippen LogP contribution in [0.3, 0.4) is 0 Å². The highest BCUT2D eigenvalue weighted by Crippen LogP contribution is 2.18. The van der Waals surface area contributed by atoms with Gasteiger partial charge in [-0.2, -0.15) is 0 Å². The summed E-state index contributed by atoms with van der Waals surface area (Å²) in [6.45, 7) is 2.83. The van der Waals surface area contributed by atoms with E-state index in [9.17, 15) is 8.42 Å². The lowest BCUT2D eigenvalue weighted by molar-refractivity contribution is 0.0864. The van der Waals surface area contributed by atoms with Gasteiger partial charge in [-0.3, -0.25) is 4.90 Å². The predicted molar refractivity (Wildman–Crippen MR) is 82.2 cm³/mol. The lowest BCUT2D eigenvalue weighted by atomic mass is 10.1. The van der Waals surface area contributed by atoms with E-state index >= 15 is 0 Å². The molecule has 0 spiro atoms. The number of nitrogens with zero attached hydrogens (tertiary/aromatic N) is 2. The highest BCUT2D eigenvalue weighted by Gasteiger charge is 2.21. The Morgan fingerprint density at radius 2 is 2.33 bits per heavy atom. The van der Waals surface area contributed by atoms with Crippen LogP contribution in [0.1, 0.15) is 12.8 Å². The molecule has 1 unspecified atom stereocenters. The largest absolute Gasteiger partial charge is 0.473 e. The molecule has 0 aliphatic carbocycles. The number of hydrogen-bond acceptors (Lipinski definition) is 5. The zero-order chi connectivity index (χ0) is 15.3. The standard InChI is InChI=1S/C13H20ClN3O3S/c1-21(18,19)16-6-8-17-7-2-3-12(10-17)20-13-5-4-11(14)9-15-13/h4-5,9,12,16H,2-3,6-8,10H2,1H3. The van der Waals surface area contributed by atoms with Gasteiger partial charge < -0.3 is 4.74 Å². The molecule has 1 aromatic heterocycles. The van der Waals surface area contributed by atoms with E-state index in [4.69, 9.17) is 16.3 Å². The fraction of sp³-hybridized carbons (Fsp3) is 0.615.